The summed E-state index contributed by atoms with van der Waals surface area (Å²) in [5.74, 6) is -0.293. The second-order valence-corrected chi connectivity index (χ2v) is 6.44. The molecule has 1 aliphatic heterocycles. The number of amides is 4. The Labute approximate surface area is 157 Å². The van der Waals surface area contributed by atoms with E-state index in [1.807, 2.05) is 36.4 Å². The largest absolute Gasteiger partial charge is 0.352 e. The van der Waals surface area contributed by atoms with Crippen LogP contribution in [0.5, 0.6) is 0 Å². The first-order chi connectivity index (χ1) is 13.0. The van der Waals surface area contributed by atoms with Gasteiger partial charge in [-0.1, -0.05) is 36.4 Å². The van der Waals surface area contributed by atoms with Gasteiger partial charge in [0.05, 0.1) is 0 Å². The van der Waals surface area contributed by atoms with Gasteiger partial charge in [-0.15, -0.1) is 0 Å². The van der Waals surface area contributed by atoms with Gasteiger partial charge in [0, 0.05) is 30.8 Å². The van der Waals surface area contributed by atoms with E-state index >= 15 is 0 Å². The molecule has 140 valence electrons. The minimum absolute atomic E-state index is 0.0795. The molecule has 0 spiro atoms. The molecule has 0 saturated carbocycles. The highest BCUT2D eigenvalue weighted by molar-refractivity contribution is 5.99. The standard InChI is InChI=1S/C20H22N4O3/c21-20(27)23-17(12-14-6-2-1-3-7-14)19(26)22-15-8-4-9-16(13-15)24-11-5-10-18(24)25/h1-4,6-9,13,17H,5,10-12H2,(H,22,26)(H3,21,23,27)/t17-/m0/s1. The van der Waals surface area contributed by atoms with Crippen molar-refractivity contribution in [3.63, 3.8) is 0 Å². The lowest BCUT2D eigenvalue weighted by atomic mass is 10.1. The lowest BCUT2D eigenvalue weighted by molar-refractivity contribution is -0.118. The Morgan fingerprint density at radius 3 is 2.56 bits per heavy atom. The molecule has 4 amide bonds. The highest BCUT2D eigenvalue weighted by Crippen LogP contribution is 2.24. The van der Waals surface area contributed by atoms with Crippen LogP contribution in [-0.4, -0.2) is 30.4 Å². The monoisotopic (exact) mass is 366 g/mol. The molecule has 1 aliphatic rings. The maximum atomic E-state index is 12.7. The second-order valence-electron chi connectivity index (χ2n) is 6.44. The third kappa shape index (κ3) is 4.84. The molecule has 7 heteroatoms. The highest BCUT2D eigenvalue weighted by Gasteiger charge is 2.23. The zero-order valence-corrected chi connectivity index (χ0v) is 14.9. The van der Waals surface area contributed by atoms with Gasteiger partial charge in [0.2, 0.25) is 11.8 Å². The summed E-state index contributed by atoms with van der Waals surface area (Å²) in [5.41, 5.74) is 7.44. The molecule has 2 aromatic rings. The van der Waals surface area contributed by atoms with Crippen molar-refractivity contribution in [3.8, 4) is 0 Å². The molecular formula is C20H22N4O3. The van der Waals surface area contributed by atoms with Gasteiger partial charge in [-0.05, 0) is 30.2 Å². The Hall–Kier alpha value is -3.35. The quantitative estimate of drug-likeness (QED) is 0.728. The number of carbonyl (C=O) groups is 3. The number of nitrogens with zero attached hydrogens (tertiary/aromatic N) is 1. The summed E-state index contributed by atoms with van der Waals surface area (Å²) in [6, 6.07) is 14.9. The van der Waals surface area contributed by atoms with E-state index in [1.54, 1.807) is 23.1 Å². The van der Waals surface area contributed by atoms with Crippen LogP contribution in [0.3, 0.4) is 0 Å². The first-order valence-electron chi connectivity index (χ1n) is 8.84. The van der Waals surface area contributed by atoms with E-state index in [9.17, 15) is 14.4 Å². The van der Waals surface area contributed by atoms with Crippen LogP contribution < -0.4 is 21.3 Å². The van der Waals surface area contributed by atoms with Gasteiger partial charge in [-0.25, -0.2) is 4.79 Å². The van der Waals surface area contributed by atoms with Crippen LogP contribution in [0.2, 0.25) is 0 Å². The van der Waals surface area contributed by atoms with E-state index in [0.717, 1.165) is 17.7 Å². The van der Waals surface area contributed by atoms with Crippen molar-refractivity contribution in [2.75, 3.05) is 16.8 Å². The summed E-state index contributed by atoms with van der Waals surface area (Å²) in [5, 5.41) is 5.29. The Kier molecular flexibility index (Phi) is 5.71. The number of nitrogens with two attached hydrogens (primary N) is 1. The number of hydrogen-bond acceptors (Lipinski definition) is 3. The molecule has 3 rings (SSSR count). The van der Waals surface area contributed by atoms with Crippen molar-refractivity contribution in [1.82, 2.24) is 5.32 Å². The fourth-order valence-electron chi connectivity index (χ4n) is 3.13. The van der Waals surface area contributed by atoms with Crippen molar-refractivity contribution in [3.05, 3.63) is 60.2 Å². The van der Waals surface area contributed by atoms with Crippen LogP contribution in [0.1, 0.15) is 18.4 Å². The third-order valence-electron chi connectivity index (χ3n) is 4.41. The molecule has 1 heterocycles. The molecule has 1 fully saturated rings. The summed E-state index contributed by atoms with van der Waals surface area (Å²) in [6.45, 7) is 0.677. The minimum atomic E-state index is -0.804. The summed E-state index contributed by atoms with van der Waals surface area (Å²) < 4.78 is 0. The predicted molar refractivity (Wildman–Crippen MR) is 103 cm³/mol. The maximum absolute atomic E-state index is 12.7. The van der Waals surface area contributed by atoms with E-state index in [1.165, 1.54) is 0 Å². The Balaban J connectivity index is 1.73. The Morgan fingerprint density at radius 1 is 1.11 bits per heavy atom. The molecule has 1 atom stereocenters. The van der Waals surface area contributed by atoms with Crippen molar-refractivity contribution < 1.29 is 14.4 Å². The van der Waals surface area contributed by atoms with Crippen molar-refractivity contribution >= 4 is 29.2 Å². The van der Waals surface area contributed by atoms with Gasteiger partial charge in [-0.3, -0.25) is 9.59 Å². The average Bonchev–Trinajstić information content (AvgIpc) is 3.08. The van der Waals surface area contributed by atoms with Crippen LogP contribution in [0.4, 0.5) is 16.2 Å². The number of benzene rings is 2. The number of rotatable bonds is 6. The lowest BCUT2D eigenvalue weighted by Gasteiger charge is -2.19. The zero-order valence-electron chi connectivity index (χ0n) is 14.9. The van der Waals surface area contributed by atoms with Crippen LogP contribution in [0.25, 0.3) is 0 Å². The van der Waals surface area contributed by atoms with Crippen LogP contribution in [0.15, 0.2) is 54.6 Å². The van der Waals surface area contributed by atoms with Gasteiger partial charge in [0.25, 0.3) is 0 Å². The molecule has 0 aliphatic carbocycles. The predicted octanol–water partition coefficient (Wildman–Crippen LogP) is 2.03. The van der Waals surface area contributed by atoms with E-state index in [0.29, 0.717) is 25.1 Å². The summed E-state index contributed by atoms with van der Waals surface area (Å²) in [7, 11) is 0. The van der Waals surface area contributed by atoms with Gasteiger partial charge in [-0.2, -0.15) is 0 Å². The first-order valence-corrected chi connectivity index (χ1v) is 8.84. The molecule has 2 aromatic carbocycles. The molecular weight excluding hydrogens is 344 g/mol. The van der Waals surface area contributed by atoms with Gasteiger partial charge >= 0.3 is 6.03 Å². The molecule has 0 unspecified atom stereocenters. The number of nitrogens with one attached hydrogen (secondary N) is 2. The Bertz CT molecular complexity index is 838. The third-order valence-corrected chi connectivity index (χ3v) is 4.41. The average molecular weight is 366 g/mol. The van der Waals surface area contributed by atoms with Gasteiger partial charge in [0.1, 0.15) is 6.04 Å². The smallest absolute Gasteiger partial charge is 0.312 e. The normalized spacial score (nSPS) is 14.7. The molecule has 0 bridgehead atoms. The van der Waals surface area contributed by atoms with Crippen molar-refractivity contribution in [2.45, 2.75) is 25.3 Å². The summed E-state index contributed by atoms with van der Waals surface area (Å²) in [4.78, 5) is 37.6. The minimum Gasteiger partial charge on any atom is -0.352 e. The van der Waals surface area contributed by atoms with E-state index in [2.05, 4.69) is 10.6 Å². The SMILES string of the molecule is NC(=O)N[C@@H](Cc1ccccc1)C(=O)Nc1cccc(N2CCCC2=O)c1. The molecule has 7 nitrogen and oxygen atoms in total. The van der Waals surface area contributed by atoms with Crippen molar-refractivity contribution in [2.24, 2.45) is 5.73 Å². The van der Waals surface area contributed by atoms with Crippen LogP contribution in [-0.2, 0) is 16.0 Å². The Morgan fingerprint density at radius 2 is 1.89 bits per heavy atom. The lowest BCUT2D eigenvalue weighted by Crippen LogP contribution is -2.47. The van der Waals surface area contributed by atoms with E-state index in [4.69, 9.17) is 5.73 Å². The fraction of sp³-hybridized carbons (Fsp3) is 0.250. The zero-order chi connectivity index (χ0) is 19.2. The van der Waals surface area contributed by atoms with Gasteiger partial charge < -0.3 is 21.3 Å². The molecule has 1 saturated heterocycles. The summed E-state index contributed by atoms with van der Waals surface area (Å²) >= 11 is 0. The highest BCUT2D eigenvalue weighted by atomic mass is 16.2. The topological polar surface area (TPSA) is 105 Å². The number of hydrogen-bond donors (Lipinski definition) is 3. The number of carbonyl (C=O) groups excluding carboxylic acids is 3. The van der Waals surface area contributed by atoms with Crippen LogP contribution in [0, 0.1) is 0 Å². The molecule has 0 radical (unpaired) electrons. The van der Waals surface area contributed by atoms with Crippen LogP contribution >= 0.6 is 0 Å². The van der Waals surface area contributed by atoms with Gasteiger partial charge in [0.15, 0.2) is 0 Å². The van der Waals surface area contributed by atoms with E-state index in [-0.39, 0.29) is 11.8 Å². The van der Waals surface area contributed by atoms with Crippen molar-refractivity contribution in [1.29, 1.82) is 0 Å². The molecule has 0 aromatic heterocycles. The van der Waals surface area contributed by atoms with E-state index < -0.39 is 12.1 Å². The number of urea groups is 1. The maximum Gasteiger partial charge on any atom is 0.312 e. The molecule has 27 heavy (non-hydrogen) atoms. The fourth-order valence-corrected chi connectivity index (χ4v) is 3.13. The second kappa shape index (κ2) is 8.35. The first kappa shape index (κ1) is 18.4. The summed E-state index contributed by atoms with van der Waals surface area (Å²) in [6.07, 6.45) is 1.69. The number of anilines is 2. The number of primary amides is 1. The molecule has 4 N–H and O–H groups in total.